The van der Waals surface area contributed by atoms with Crippen LogP contribution >= 0.6 is 0 Å². The van der Waals surface area contributed by atoms with E-state index in [0.717, 1.165) is 13.1 Å². The maximum atomic E-state index is 11.6. The van der Waals surface area contributed by atoms with Crippen molar-refractivity contribution in [2.24, 2.45) is 0 Å². The summed E-state index contributed by atoms with van der Waals surface area (Å²) in [6.07, 6.45) is 1.17. The third-order valence-electron chi connectivity index (χ3n) is 3.65. The van der Waals surface area contributed by atoms with Crippen molar-refractivity contribution < 1.29 is 15.0 Å². The van der Waals surface area contributed by atoms with Crippen molar-refractivity contribution in [1.29, 1.82) is 0 Å². The zero-order valence-electron chi connectivity index (χ0n) is 9.89. The van der Waals surface area contributed by atoms with E-state index < -0.39 is 11.4 Å². The normalized spacial score (nSPS) is 20.1. The second kappa shape index (κ2) is 4.37. The van der Waals surface area contributed by atoms with E-state index in [4.69, 9.17) is 0 Å². The second-order valence-electron chi connectivity index (χ2n) is 4.74. The van der Waals surface area contributed by atoms with Crippen LogP contribution in [0.4, 0.5) is 0 Å². The van der Waals surface area contributed by atoms with Gasteiger partial charge in [0.25, 0.3) is 0 Å². The molecule has 0 unspecified atom stereocenters. The van der Waals surface area contributed by atoms with Crippen LogP contribution in [0.5, 0.6) is 5.75 Å². The summed E-state index contributed by atoms with van der Waals surface area (Å²) in [5.74, 6) is -0.668. The van der Waals surface area contributed by atoms with Gasteiger partial charge in [0.15, 0.2) is 0 Å². The van der Waals surface area contributed by atoms with E-state index >= 15 is 0 Å². The summed E-state index contributed by atoms with van der Waals surface area (Å²) in [6, 6.07) is 6.63. The number of piperidine rings is 1. The van der Waals surface area contributed by atoms with Gasteiger partial charge in [-0.3, -0.25) is 4.79 Å². The largest absolute Gasteiger partial charge is 0.508 e. The van der Waals surface area contributed by atoms with Gasteiger partial charge in [-0.15, -0.1) is 0 Å². The van der Waals surface area contributed by atoms with E-state index in [2.05, 4.69) is 4.90 Å². The number of rotatable bonds is 2. The van der Waals surface area contributed by atoms with Gasteiger partial charge < -0.3 is 15.1 Å². The Balaban J connectivity index is 2.38. The molecule has 1 aliphatic heterocycles. The summed E-state index contributed by atoms with van der Waals surface area (Å²) >= 11 is 0. The Labute approximate surface area is 100 Å². The highest BCUT2D eigenvalue weighted by molar-refractivity contribution is 5.81. The number of hydrogen-bond donors (Lipinski definition) is 2. The minimum atomic E-state index is -0.842. The number of carboxylic acid groups (broad SMARTS) is 1. The van der Waals surface area contributed by atoms with E-state index in [9.17, 15) is 15.0 Å². The number of nitrogens with zero attached hydrogens (tertiary/aromatic N) is 1. The lowest BCUT2D eigenvalue weighted by atomic mass is 9.73. The summed E-state index contributed by atoms with van der Waals surface area (Å²) in [5, 5.41) is 19.0. The first-order valence-corrected chi connectivity index (χ1v) is 5.76. The Morgan fingerprint density at radius 2 is 2.00 bits per heavy atom. The van der Waals surface area contributed by atoms with Crippen molar-refractivity contribution in [2.45, 2.75) is 18.3 Å². The molecular formula is C13H17NO3. The van der Waals surface area contributed by atoms with Crippen LogP contribution in [0, 0.1) is 0 Å². The Morgan fingerprint density at radius 3 is 2.53 bits per heavy atom. The van der Waals surface area contributed by atoms with Crippen molar-refractivity contribution in [3.8, 4) is 5.75 Å². The van der Waals surface area contributed by atoms with Crippen molar-refractivity contribution >= 4 is 5.97 Å². The Kier molecular flexibility index (Phi) is 3.07. The SMILES string of the molecule is CN1CCC(C(=O)O)(c2cccc(O)c2)CC1. The molecule has 0 radical (unpaired) electrons. The highest BCUT2D eigenvalue weighted by Crippen LogP contribution is 2.36. The smallest absolute Gasteiger partial charge is 0.314 e. The van der Waals surface area contributed by atoms with Crippen molar-refractivity contribution in [2.75, 3.05) is 20.1 Å². The monoisotopic (exact) mass is 235 g/mol. The average Bonchev–Trinajstić information content (AvgIpc) is 2.30. The van der Waals surface area contributed by atoms with Crippen LogP contribution in [0.3, 0.4) is 0 Å². The zero-order valence-corrected chi connectivity index (χ0v) is 9.89. The molecule has 0 saturated carbocycles. The van der Waals surface area contributed by atoms with Crippen LogP contribution in [0.2, 0.25) is 0 Å². The molecule has 0 amide bonds. The Hall–Kier alpha value is -1.55. The van der Waals surface area contributed by atoms with Crippen molar-refractivity contribution in [3.63, 3.8) is 0 Å². The summed E-state index contributed by atoms with van der Waals surface area (Å²) in [7, 11) is 1.99. The quantitative estimate of drug-likeness (QED) is 0.814. The number of carbonyl (C=O) groups is 1. The molecule has 4 nitrogen and oxygen atoms in total. The van der Waals surface area contributed by atoms with E-state index in [1.54, 1.807) is 24.3 Å². The molecule has 17 heavy (non-hydrogen) atoms. The van der Waals surface area contributed by atoms with Gasteiger partial charge in [0, 0.05) is 0 Å². The highest BCUT2D eigenvalue weighted by Gasteiger charge is 2.42. The maximum absolute atomic E-state index is 11.6. The van der Waals surface area contributed by atoms with Gasteiger partial charge in [0.1, 0.15) is 5.75 Å². The van der Waals surface area contributed by atoms with Crippen LogP contribution in [0.1, 0.15) is 18.4 Å². The molecule has 2 N–H and O–H groups in total. The lowest BCUT2D eigenvalue weighted by Gasteiger charge is -2.37. The fourth-order valence-electron chi connectivity index (χ4n) is 2.43. The topological polar surface area (TPSA) is 60.8 Å². The molecule has 1 aliphatic rings. The Morgan fingerprint density at radius 1 is 1.35 bits per heavy atom. The lowest BCUT2D eigenvalue weighted by Crippen LogP contribution is -2.46. The lowest BCUT2D eigenvalue weighted by molar-refractivity contribution is -0.145. The molecule has 92 valence electrons. The predicted octanol–water partition coefficient (Wildman–Crippen LogP) is 1.44. The molecule has 0 atom stereocenters. The number of phenolic OH excluding ortho intramolecular Hbond substituents is 1. The standard InChI is InChI=1S/C13H17NO3/c1-14-7-5-13(6-8-14,12(16)17)10-3-2-4-11(15)9-10/h2-4,9,15H,5-8H2,1H3,(H,16,17). The molecule has 0 aliphatic carbocycles. The first kappa shape index (κ1) is 11.9. The van der Waals surface area contributed by atoms with Crippen LogP contribution in [-0.4, -0.2) is 41.2 Å². The second-order valence-corrected chi connectivity index (χ2v) is 4.74. The summed E-state index contributed by atoms with van der Waals surface area (Å²) in [4.78, 5) is 13.7. The number of hydrogen-bond acceptors (Lipinski definition) is 3. The van der Waals surface area contributed by atoms with E-state index in [1.165, 1.54) is 0 Å². The molecule has 1 aromatic rings. The van der Waals surface area contributed by atoms with Gasteiger partial charge >= 0.3 is 5.97 Å². The minimum absolute atomic E-state index is 0.127. The third-order valence-corrected chi connectivity index (χ3v) is 3.65. The van der Waals surface area contributed by atoms with Crippen LogP contribution in [-0.2, 0) is 10.2 Å². The molecule has 1 saturated heterocycles. The fraction of sp³-hybridized carbons (Fsp3) is 0.462. The zero-order chi connectivity index (χ0) is 12.5. The van der Waals surface area contributed by atoms with Gasteiger partial charge in [0.05, 0.1) is 5.41 Å². The number of aliphatic carboxylic acids is 1. The Bertz CT molecular complexity index is 422. The molecule has 4 heteroatoms. The molecule has 0 aromatic heterocycles. The highest BCUT2D eigenvalue weighted by atomic mass is 16.4. The number of likely N-dealkylation sites (tertiary alicyclic amines) is 1. The van der Waals surface area contributed by atoms with Gasteiger partial charge in [-0.2, -0.15) is 0 Å². The maximum Gasteiger partial charge on any atom is 0.314 e. The number of phenols is 1. The van der Waals surface area contributed by atoms with Crippen molar-refractivity contribution in [3.05, 3.63) is 29.8 Å². The fourth-order valence-corrected chi connectivity index (χ4v) is 2.43. The van der Waals surface area contributed by atoms with Gasteiger partial charge in [0.2, 0.25) is 0 Å². The van der Waals surface area contributed by atoms with Gasteiger partial charge in [-0.05, 0) is 50.7 Å². The average molecular weight is 235 g/mol. The molecular weight excluding hydrogens is 218 g/mol. The predicted molar refractivity (Wildman–Crippen MR) is 64.2 cm³/mol. The number of aromatic hydroxyl groups is 1. The molecule has 1 heterocycles. The number of carboxylic acids is 1. The van der Waals surface area contributed by atoms with Gasteiger partial charge in [-0.25, -0.2) is 0 Å². The molecule has 2 rings (SSSR count). The number of benzene rings is 1. The summed E-state index contributed by atoms with van der Waals surface area (Å²) in [5.41, 5.74) is -0.135. The van der Waals surface area contributed by atoms with Crippen LogP contribution < -0.4 is 0 Å². The van der Waals surface area contributed by atoms with E-state index in [1.807, 2.05) is 7.05 Å². The first-order valence-electron chi connectivity index (χ1n) is 5.76. The first-order chi connectivity index (χ1) is 8.04. The van der Waals surface area contributed by atoms with Crippen LogP contribution in [0.15, 0.2) is 24.3 Å². The molecule has 0 bridgehead atoms. The molecule has 1 aromatic carbocycles. The van der Waals surface area contributed by atoms with Crippen LogP contribution in [0.25, 0.3) is 0 Å². The summed E-state index contributed by atoms with van der Waals surface area (Å²) < 4.78 is 0. The molecule has 0 spiro atoms. The van der Waals surface area contributed by atoms with Crippen molar-refractivity contribution in [1.82, 2.24) is 4.90 Å². The van der Waals surface area contributed by atoms with E-state index in [0.29, 0.717) is 18.4 Å². The third kappa shape index (κ3) is 2.13. The summed E-state index contributed by atoms with van der Waals surface area (Å²) in [6.45, 7) is 1.53. The minimum Gasteiger partial charge on any atom is -0.508 e. The van der Waals surface area contributed by atoms with Gasteiger partial charge in [-0.1, -0.05) is 12.1 Å². The van der Waals surface area contributed by atoms with E-state index in [-0.39, 0.29) is 5.75 Å². The molecule has 1 fully saturated rings.